The van der Waals surface area contributed by atoms with Crippen LogP contribution in [0.2, 0.25) is 0 Å². The van der Waals surface area contributed by atoms with E-state index in [2.05, 4.69) is 0 Å². The molecule has 104 valence electrons. The van der Waals surface area contributed by atoms with Gasteiger partial charge in [0.2, 0.25) is 0 Å². The molecule has 0 saturated heterocycles. The maximum absolute atomic E-state index is 13.3. The van der Waals surface area contributed by atoms with Crippen molar-refractivity contribution in [2.75, 3.05) is 13.2 Å². The predicted octanol–water partition coefficient (Wildman–Crippen LogP) is 1.67. The first-order valence-corrected chi connectivity index (χ1v) is 6.55. The number of carbonyl (C=O) groups is 1. The fraction of sp³-hybridized carbons (Fsp3) is 0.500. The van der Waals surface area contributed by atoms with E-state index in [1.54, 1.807) is 6.07 Å². The zero-order valence-corrected chi connectivity index (χ0v) is 11.1. The average Bonchev–Trinajstić information content (AvgIpc) is 3.21. The van der Waals surface area contributed by atoms with Crippen LogP contribution in [0.4, 0.5) is 4.39 Å². The van der Waals surface area contributed by atoms with E-state index in [4.69, 9.17) is 10.5 Å². The summed E-state index contributed by atoms with van der Waals surface area (Å²) in [7, 11) is 0. The zero-order chi connectivity index (χ0) is 13.8. The molecule has 1 amide bonds. The van der Waals surface area contributed by atoms with Crippen LogP contribution in [-0.4, -0.2) is 30.0 Å². The summed E-state index contributed by atoms with van der Waals surface area (Å²) < 4.78 is 18.6. The van der Waals surface area contributed by atoms with Gasteiger partial charge in [-0.15, -0.1) is 0 Å². The van der Waals surface area contributed by atoms with E-state index in [0.29, 0.717) is 23.9 Å². The van der Waals surface area contributed by atoms with Gasteiger partial charge in [0.15, 0.2) is 6.61 Å². The Bertz CT molecular complexity index is 461. The Morgan fingerprint density at radius 2 is 2.21 bits per heavy atom. The highest BCUT2D eigenvalue weighted by molar-refractivity contribution is 5.78. The number of nitrogens with zero attached hydrogens (tertiary/aromatic N) is 1. The summed E-state index contributed by atoms with van der Waals surface area (Å²) in [6.45, 7) is 2.82. The molecule has 1 aromatic carbocycles. The summed E-state index contributed by atoms with van der Waals surface area (Å²) in [5, 5.41) is 0. The molecule has 0 unspecified atom stereocenters. The first-order chi connectivity index (χ1) is 9.13. The first kappa shape index (κ1) is 13.8. The van der Waals surface area contributed by atoms with Gasteiger partial charge in [-0.3, -0.25) is 4.79 Å². The summed E-state index contributed by atoms with van der Waals surface area (Å²) >= 11 is 0. The second kappa shape index (κ2) is 6.02. The summed E-state index contributed by atoms with van der Waals surface area (Å²) in [5.41, 5.74) is 6.11. The largest absolute Gasteiger partial charge is 0.484 e. The van der Waals surface area contributed by atoms with Gasteiger partial charge in [-0.1, -0.05) is 0 Å². The lowest BCUT2D eigenvalue weighted by Gasteiger charge is -2.20. The van der Waals surface area contributed by atoms with Crippen LogP contribution >= 0.6 is 0 Å². The van der Waals surface area contributed by atoms with Crippen LogP contribution in [0.15, 0.2) is 18.2 Å². The number of nitrogens with two attached hydrogens (primary N) is 1. The third-order valence-corrected chi connectivity index (χ3v) is 3.18. The minimum atomic E-state index is -0.403. The molecule has 0 bridgehead atoms. The molecular weight excluding hydrogens is 247 g/mol. The normalized spacial score (nSPS) is 14.3. The molecule has 4 nitrogen and oxygen atoms in total. The molecular formula is C14H19FN2O2. The zero-order valence-electron chi connectivity index (χ0n) is 11.1. The molecule has 0 aromatic heterocycles. The Labute approximate surface area is 112 Å². The fourth-order valence-electron chi connectivity index (χ4n) is 2.07. The van der Waals surface area contributed by atoms with E-state index in [1.807, 2.05) is 11.8 Å². The Morgan fingerprint density at radius 1 is 1.47 bits per heavy atom. The molecule has 0 heterocycles. The van der Waals surface area contributed by atoms with E-state index < -0.39 is 5.82 Å². The van der Waals surface area contributed by atoms with Crippen LogP contribution < -0.4 is 10.5 Å². The Morgan fingerprint density at radius 3 is 2.79 bits per heavy atom. The summed E-state index contributed by atoms with van der Waals surface area (Å²) in [6, 6.07) is 4.65. The van der Waals surface area contributed by atoms with Gasteiger partial charge in [0.1, 0.15) is 11.6 Å². The van der Waals surface area contributed by atoms with Crippen LogP contribution in [0.5, 0.6) is 5.75 Å². The van der Waals surface area contributed by atoms with Crippen molar-refractivity contribution >= 4 is 5.91 Å². The van der Waals surface area contributed by atoms with Gasteiger partial charge in [-0.25, -0.2) is 4.39 Å². The number of hydrogen-bond donors (Lipinski definition) is 1. The van der Waals surface area contributed by atoms with Gasteiger partial charge >= 0.3 is 0 Å². The minimum Gasteiger partial charge on any atom is -0.484 e. The summed E-state index contributed by atoms with van der Waals surface area (Å²) in [4.78, 5) is 13.8. The van der Waals surface area contributed by atoms with Gasteiger partial charge in [0, 0.05) is 25.2 Å². The quantitative estimate of drug-likeness (QED) is 0.852. The molecule has 1 fully saturated rings. The first-order valence-electron chi connectivity index (χ1n) is 6.55. The minimum absolute atomic E-state index is 0.0523. The summed E-state index contributed by atoms with van der Waals surface area (Å²) in [6.07, 6.45) is 2.13. The monoisotopic (exact) mass is 266 g/mol. The molecule has 5 heteroatoms. The van der Waals surface area contributed by atoms with Crippen molar-refractivity contribution in [3.8, 4) is 5.75 Å². The smallest absolute Gasteiger partial charge is 0.260 e. The number of carbonyl (C=O) groups excluding carboxylic acids is 1. The molecule has 2 N–H and O–H groups in total. The van der Waals surface area contributed by atoms with Crippen molar-refractivity contribution in [3.05, 3.63) is 29.6 Å². The van der Waals surface area contributed by atoms with Crippen molar-refractivity contribution < 1.29 is 13.9 Å². The van der Waals surface area contributed by atoms with Crippen molar-refractivity contribution in [3.63, 3.8) is 0 Å². The number of benzene rings is 1. The molecule has 1 aliphatic rings. The van der Waals surface area contributed by atoms with E-state index in [0.717, 1.165) is 12.8 Å². The molecule has 19 heavy (non-hydrogen) atoms. The van der Waals surface area contributed by atoms with Gasteiger partial charge in [-0.2, -0.15) is 0 Å². The molecule has 0 radical (unpaired) electrons. The topological polar surface area (TPSA) is 55.6 Å². The maximum atomic E-state index is 13.3. The van der Waals surface area contributed by atoms with Crippen molar-refractivity contribution in [2.24, 2.45) is 5.73 Å². The van der Waals surface area contributed by atoms with E-state index in [9.17, 15) is 9.18 Å². The van der Waals surface area contributed by atoms with Gasteiger partial charge < -0.3 is 15.4 Å². The number of amides is 1. The number of halogens is 1. The van der Waals surface area contributed by atoms with E-state index in [-0.39, 0.29) is 19.1 Å². The number of hydrogen-bond acceptors (Lipinski definition) is 3. The van der Waals surface area contributed by atoms with Crippen LogP contribution in [-0.2, 0) is 11.3 Å². The second-order valence-electron chi connectivity index (χ2n) is 4.70. The average molecular weight is 266 g/mol. The van der Waals surface area contributed by atoms with Crippen molar-refractivity contribution in [1.82, 2.24) is 4.90 Å². The van der Waals surface area contributed by atoms with Gasteiger partial charge in [0.25, 0.3) is 5.91 Å². The Kier molecular flexibility index (Phi) is 4.37. The standard InChI is InChI=1S/C14H19FN2O2/c1-2-17(12-3-4-12)14(18)9-19-13-6-10(8-16)5-11(15)7-13/h5-7,12H,2-4,8-9,16H2,1H3. The van der Waals surface area contributed by atoms with Crippen LogP contribution in [0, 0.1) is 5.82 Å². The molecule has 1 aliphatic carbocycles. The van der Waals surface area contributed by atoms with Crippen molar-refractivity contribution in [2.45, 2.75) is 32.4 Å². The highest BCUT2D eigenvalue weighted by Gasteiger charge is 2.31. The second-order valence-corrected chi connectivity index (χ2v) is 4.70. The lowest BCUT2D eigenvalue weighted by molar-refractivity contribution is -0.133. The summed E-state index contributed by atoms with van der Waals surface area (Å²) in [5.74, 6) is -0.107. The molecule has 0 atom stereocenters. The van der Waals surface area contributed by atoms with E-state index >= 15 is 0 Å². The van der Waals surface area contributed by atoms with E-state index in [1.165, 1.54) is 12.1 Å². The Balaban J connectivity index is 1.94. The number of ether oxygens (including phenoxy) is 1. The molecule has 1 aromatic rings. The van der Waals surface area contributed by atoms with Crippen LogP contribution in [0.3, 0.4) is 0 Å². The van der Waals surface area contributed by atoms with Gasteiger partial charge in [0.05, 0.1) is 0 Å². The van der Waals surface area contributed by atoms with Crippen LogP contribution in [0.25, 0.3) is 0 Å². The third-order valence-electron chi connectivity index (χ3n) is 3.18. The SMILES string of the molecule is CCN(C(=O)COc1cc(F)cc(CN)c1)C1CC1. The number of rotatable bonds is 6. The van der Waals surface area contributed by atoms with Crippen molar-refractivity contribution in [1.29, 1.82) is 0 Å². The Hall–Kier alpha value is -1.62. The lowest BCUT2D eigenvalue weighted by Crippen LogP contribution is -2.36. The maximum Gasteiger partial charge on any atom is 0.260 e. The van der Waals surface area contributed by atoms with Gasteiger partial charge in [-0.05, 0) is 37.5 Å². The third kappa shape index (κ3) is 3.67. The highest BCUT2D eigenvalue weighted by atomic mass is 19.1. The molecule has 1 saturated carbocycles. The molecule has 2 rings (SSSR count). The molecule has 0 spiro atoms. The fourth-order valence-corrected chi connectivity index (χ4v) is 2.07. The van der Waals surface area contributed by atoms with Crippen LogP contribution in [0.1, 0.15) is 25.3 Å². The predicted molar refractivity (Wildman–Crippen MR) is 70.2 cm³/mol. The molecule has 0 aliphatic heterocycles. The highest BCUT2D eigenvalue weighted by Crippen LogP contribution is 2.26. The lowest BCUT2D eigenvalue weighted by atomic mass is 10.2. The number of likely N-dealkylation sites (N-methyl/N-ethyl adjacent to an activating group) is 1.